The minimum Gasteiger partial charge on any atom is -0.352 e. The lowest BCUT2D eigenvalue weighted by molar-refractivity contribution is 0.632. The minimum absolute atomic E-state index is 0.557. The molecule has 1 aliphatic rings. The molecule has 0 spiro atoms. The van der Waals surface area contributed by atoms with Crippen molar-refractivity contribution in [2.45, 2.75) is 12.3 Å². The van der Waals surface area contributed by atoms with E-state index in [2.05, 4.69) is 44.8 Å². The molecular weight excluding hydrogens is 248 g/mol. The number of para-hydroxylation sites is 1. The zero-order valence-electron chi connectivity index (χ0n) is 11.0. The third kappa shape index (κ3) is 1.90. The Morgan fingerprint density at radius 1 is 0.950 bits per heavy atom. The van der Waals surface area contributed by atoms with Crippen molar-refractivity contribution >= 4 is 17.0 Å². The van der Waals surface area contributed by atoms with E-state index in [1.807, 2.05) is 24.3 Å². The molecule has 2 aromatic carbocycles. The molecule has 1 atom stereocenters. The Bertz CT molecular complexity index is 769. The van der Waals surface area contributed by atoms with Gasteiger partial charge in [-0.3, -0.25) is 0 Å². The number of fused-ring (bicyclic) bond motifs is 2. The monoisotopic (exact) mass is 262 g/mol. The highest BCUT2D eigenvalue weighted by Crippen LogP contribution is 2.34. The van der Waals surface area contributed by atoms with E-state index in [0.29, 0.717) is 11.9 Å². The van der Waals surface area contributed by atoms with Gasteiger partial charge in [-0.15, -0.1) is 10.2 Å². The molecule has 1 aromatic heterocycles. The van der Waals surface area contributed by atoms with E-state index in [1.165, 1.54) is 11.1 Å². The number of nitrogens with zero attached hydrogens (tertiary/aromatic N) is 3. The van der Waals surface area contributed by atoms with Gasteiger partial charge in [0.2, 0.25) is 5.95 Å². The highest BCUT2D eigenvalue weighted by Gasteiger charge is 2.25. The molecule has 4 rings (SSSR count). The molecule has 1 unspecified atom stereocenters. The Morgan fingerprint density at radius 3 is 2.65 bits per heavy atom. The Labute approximate surface area is 116 Å². The summed E-state index contributed by atoms with van der Waals surface area (Å²) in [5.74, 6) is 1.16. The number of hydrogen-bond donors (Lipinski definition) is 1. The lowest BCUT2D eigenvalue weighted by Gasteiger charge is -2.30. The van der Waals surface area contributed by atoms with E-state index in [4.69, 9.17) is 0 Å². The van der Waals surface area contributed by atoms with Crippen molar-refractivity contribution < 1.29 is 0 Å². The van der Waals surface area contributed by atoms with Gasteiger partial charge in [-0.1, -0.05) is 36.4 Å². The second-order valence-electron chi connectivity index (χ2n) is 5.10. The van der Waals surface area contributed by atoms with Crippen LogP contribution in [0.4, 0.5) is 5.95 Å². The summed E-state index contributed by atoms with van der Waals surface area (Å²) in [5.41, 5.74) is 4.59. The normalized spacial score (nSPS) is 16.5. The molecule has 4 heteroatoms. The van der Waals surface area contributed by atoms with Crippen molar-refractivity contribution in [3.8, 4) is 0 Å². The maximum Gasteiger partial charge on any atom is 0.243 e. The maximum absolute atomic E-state index is 4.48. The number of nitrogens with one attached hydrogen (secondary N) is 1. The first-order chi connectivity index (χ1) is 9.90. The van der Waals surface area contributed by atoms with Gasteiger partial charge in [-0.2, -0.15) is 0 Å². The summed E-state index contributed by atoms with van der Waals surface area (Å²) < 4.78 is 0. The second-order valence-corrected chi connectivity index (χ2v) is 5.10. The van der Waals surface area contributed by atoms with Gasteiger partial charge < -0.3 is 5.32 Å². The number of benzene rings is 2. The third-order valence-corrected chi connectivity index (χ3v) is 3.83. The average molecular weight is 262 g/mol. The lowest BCUT2D eigenvalue weighted by atomic mass is 9.78. The van der Waals surface area contributed by atoms with Crippen molar-refractivity contribution in [2.75, 3.05) is 11.9 Å². The number of hydrogen-bond acceptors (Lipinski definition) is 4. The van der Waals surface area contributed by atoms with Crippen LogP contribution in [0.25, 0.3) is 11.0 Å². The Balaban J connectivity index is 1.49. The summed E-state index contributed by atoms with van der Waals surface area (Å²) in [7, 11) is 0. The first-order valence-electron chi connectivity index (χ1n) is 6.81. The Hall–Kier alpha value is -2.49. The molecule has 4 nitrogen and oxygen atoms in total. The van der Waals surface area contributed by atoms with Crippen LogP contribution in [0.2, 0.25) is 0 Å². The van der Waals surface area contributed by atoms with Crippen LogP contribution in [0.5, 0.6) is 0 Å². The van der Waals surface area contributed by atoms with Crippen molar-refractivity contribution in [3.05, 3.63) is 59.7 Å². The van der Waals surface area contributed by atoms with Gasteiger partial charge in [0.1, 0.15) is 5.52 Å². The van der Waals surface area contributed by atoms with Gasteiger partial charge in [0.05, 0.1) is 5.52 Å². The van der Waals surface area contributed by atoms with E-state index in [1.54, 1.807) is 0 Å². The van der Waals surface area contributed by atoms with Gasteiger partial charge >= 0.3 is 0 Å². The summed E-state index contributed by atoms with van der Waals surface area (Å²) >= 11 is 0. The molecule has 0 radical (unpaired) electrons. The summed E-state index contributed by atoms with van der Waals surface area (Å²) in [4.78, 5) is 4.48. The highest BCUT2D eigenvalue weighted by molar-refractivity contribution is 5.74. The van der Waals surface area contributed by atoms with Crippen LogP contribution in [0.15, 0.2) is 48.5 Å². The van der Waals surface area contributed by atoms with Crippen molar-refractivity contribution in [2.24, 2.45) is 0 Å². The fourth-order valence-electron chi connectivity index (χ4n) is 2.72. The lowest BCUT2D eigenvalue weighted by Crippen LogP contribution is -2.24. The number of anilines is 1. The number of rotatable bonds is 3. The summed E-state index contributed by atoms with van der Waals surface area (Å²) in [6.45, 7) is 0.858. The maximum atomic E-state index is 4.48. The first-order valence-corrected chi connectivity index (χ1v) is 6.81. The topological polar surface area (TPSA) is 50.7 Å². The number of aromatic nitrogens is 3. The minimum atomic E-state index is 0.557. The van der Waals surface area contributed by atoms with Crippen molar-refractivity contribution in [1.82, 2.24) is 15.2 Å². The molecule has 0 fully saturated rings. The van der Waals surface area contributed by atoms with E-state index in [0.717, 1.165) is 24.0 Å². The molecule has 0 bridgehead atoms. The van der Waals surface area contributed by atoms with Crippen molar-refractivity contribution in [1.29, 1.82) is 0 Å². The van der Waals surface area contributed by atoms with Crippen LogP contribution in [-0.2, 0) is 6.42 Å². The zero-order valence-corrected chi connectivity index (χ0v) is 11.0. The fourth-order valence-corrected chi connectivity index (χ4v) is 2.72. The van der Waals surface area contributed by atoms with E-state index < -0.39 is 0 Å². The largest absolute Gasteiger partial charge is 0.352 e. The molecule has 0 aliphatic heterocycles. The molecule has 1 aliphatic carbocycles. The van der Waals surface area contributed by atoms with Gasteiger partial charge in [-0.05, 0) is 29.7 Å². The standard InChI is InChI=1S/C16H14N4/c1-2-6-13-11(5-1)9-12(13)10-17-16-18-14-7-3-4-8-15(14)19-20-16/h1-8,12H,9-10H2,(H,17,18,20). The van der Waals surface area contributed by atoms with E-state index in [-0.39, 0.29) is 0 Å². The average Bonchev–Trinajstić information content (AvgIpc) is 2.48. The van der Waals surface area contributed by atoms with Gasteiger partial charge in [-0.25, -0.2) is 4.98 Å². The van der Waals surface area contributed by atoms with Crippen LogP contribution in [0.3, 0.4) is 0 Å². The molecule has 1 N–H and O–H groups in total. The highest BCUT2D eigenvalue weighted by atomic mass is 15.2. The summed E-state index contributed by atoms with van der Waals surface area (Å²) in [6, 6.07) is 16.4. The smallest absolute Gasteiger partial charge is 0.243 e. The molecule has 0 amide bonds. The van der Waals surface area contributed by atoms with Gasteiger partial charge in [0, 0.05) is 12.5 Å². The Kier molecular flexibility index (Phi) is 2.59. The molecule has 98 valence electrons. The van der Waals surface area contributed by atoms with Gasteiger partial charge in [0.25, 0.3) is 0 Å². The third-order valence-electron chi connectivity index (χ3n) is 3.83. The molecule has 1 heterocycles. The van der Waals surface area contributed by atoms with Crippen LogP contribution < -0.4 is 5.32 Å². The van der Waals surface area contributed by atoms with E-state index in [9.17, 15) is 0 Å². The quantitative estimate of drug-likeness (QED) is 0.788. The molecular formula is C16H14N4. The molecule has 20 heavy (non-hydrogen) atoms. The molecule has 0 saturated carbocycles. The first kappa shape index (κ1) is 11.3. The SMILES string of the molecule is c1ccc2c(c1)CC2CNc1nnc2ccccc2n1. The van der Waals surface area contributed by atoms with Crippen molar-refractivity contribution in [3.63, 3.8) is 0 Å². The molecule has 3 aromatic rings. The van der Waals surface area contributed by atoms with Crippen LogP contribution in [0, 0.1) is 0 Å². The predicted octanol–water partition coefficient (Wildman–Crippen LogP) is 2.78. The summed E-state index contributed by atoms with van der Waals surface area (Å²) in [5, 5.41) is 11.6. The summed E-state index contributed by atoms with van der Waals surface area (Å²) in [6.07, 6.45) is 1.13. The van der Waals surface area contributed by atoms with Crippen LogP contribution in [0.1, 0.15) is 17.0 Å². The predicted molar refractivity (Wildman–Crippen MR) is 78.7 cm³/mol. The van der Waals surface area contributed by atoms with Gasteiger partial charge in [0.15, 0.2) is 0 Å². The molecule has 0 saturated heterocycles. The second kappa shape index (κ2) is 4.56. The Morgan fingerprint density at radius 2 is 1.75 bits per heavy atom. The van der Waals surface area contributed by atoms with Crippen LogP contribution in [-0.4, -0.2) is 21.7 Å². The zero-order chi connectivity index (χ0) is 13.4. The van der Waals surface area contributed by atoms with E-state index >= 15 is 0 Å². The van der Waals surface area contributed by atoms with Crippen LogP contribution >= 0.6 is 0 Å². The fraction of sp³-hybridized carbons (Fsp3) is 0.188.